The van der Waals surface area contributed by atoms with E-state index in [1.807, 2.05) is 18.3 Å². The van der Waals surface area contributed by atoms with Crippen LogP contribution in [0.4, 0.5) is 5.69 Å². The molecule has 3 nitrogen and oxygen atoms in total. The number of rotatable bonds is 2. The number of nitrogens with two attached hydrogens (primary N) is 1. The first-order chi connectivity index (χ1) is 9.34. The van der Waals surface area contributed by atoms with Crippen LogP contribution < -0.4 is 10.6 Å². The molecule has 98 valence electrons. The van der Waals surface area contributed by atoms with Crippen molar-refractivity contribution >= 4 is 5.69 Å². The Morgan fingerprint density at radius 1 is 1.16 bits per heavy atom. The number of hydrogen-bond donors (Lipinski definition) is 1. The summed E-state index contributed by atoms with van der Waals surface area (Å²) in [5.41, 5.74) is 9.89. The minimum atomic E-state index is 0.157. The minimum Gasteiger partial charge on any atom is -0.365 e. The van der Waals surface area contributed by atoms with Gasteiger partial charge in [-0.05, 0) is 36.6 Å². The van der Waals surface area contributed by atoms with E-state index in [2.05, 4.69) is 40.2 Å². The highest BCUT2D eigenvalue weighted by Crippen LogP contribution is 2.31. The normalized spacial score (nSPS) is 18.8. The number of anilines is 1. The Bertz CT molecular complexity index is 539. The molecule has 1 aliphatic heterocycles. The number of fused-ring (bicyclic) bond motifs is 1. The van der Waals surface area contributed by atoms with Crippen LogP contribution in [0.2, 0.25) is 0 Å². The maximum atomic E-state index is 6.26. The smallest absolute Gasteiger partial charge is 0.0602 e. The molecule has 1 atom stereocenters. The first kappa shape index (κ1) is 12.2. The highest BCUT2D eigenvalue weighted by Gasteiger charge is 2.20. The summed E-state index contributed by atoms with van der Waals surface area (Å²) in [6.07, 6.45) is 4.03. The fourth-order valence-corrected chi connectivity index (χ4v) is 2.72. The first-order valence-corrected chi connectivity index (χ1v) is 6.84. The van der Waals surface area contributed by atoms with Crippen molar-refractivity contribution in [1.82, 2.24) is 4.98 Å². The molecule has 2 N–H and O–H groups in total. The lowest BCUT2D eigenvalue weighted by Gasteiger charge is -2.25. The van der Waals surface area contributed by atoms with Gasteiger partial charge in [0.1, 0.15) is 0 Å². The Morgan fingerprint density at radius 3 is 2.84 bits per heavy atom. The summed E-state index contributed by atoms with van der Waals surface area (Å²) in [7, 11) is 0. The van der Waals surface area contributed by atoms with Crippen LogP contribution in [-0.2, 0) is 6.54 Å². The highest BCUT2D eigenvalue weighted by molar-refractivity contribution is 5.55. The molecule has 0 aliphatic carbocycles. The van der Waals surface area contributed by atoms with E-state index in [4.69, 9.17) is 5.73 Å². The molecule has 0 spiro atoms. The largest absolute Gasteiger partial charge is 0.365 e. The molecular weight excluding hydrogens is 234 g/mol. The predicted octanol–water partition coefficient (Wildman–Crippen LogP) is 2.88. The number of hydrogen-bond acceptors (Lipinski definition) is 3. The summed E-state index contributed by atoms with van der Waals surface area (Å²) in [5.74, 6) is 0. The number of benzene rings is 1. The van der Waals surface area contributed by atoms with E-state index in [1.54, 1.807) is 0 Å². The van der Waals surface area contributed by atoms with E-state index in [-0.39, 0.29) is 6.04 Å². The standard InChI is InChI=1S/C16H19N3/c17-15-8-5-11-19(12-13-6-3-4-10-18-13)16-9-2-1-7-14(15)16/h1-4,6-7,9-10,15H,5,8,11-12,17H2. The Balaban J connectivity index is 1.91. The van der Waals surface area contributed by atoms with Crippen LogP contribution in [0.15, 0.2) is 48.7 Å². The van der Waals surface area contributed by atoms with Gasteiger partial charge in [-0.2, -0.15) is 0 Å². The zero-order valence-corrected chi connectivity index (χ0v) is 11.0. The second kappa shape index (κ2) is 5.41. The SMILES string of the molecule is NC1CCCN(Cc2ccccn2)c2ccccc21. The van der Waals surface area contributed by atoms with Gasteiger partial charge < -0.3 is 10.6 Å². The van der Waals surface area contributed by atoms with Gasteiger partial charge in [-0.3, -0.25) is 4.98 Å². The average molecular weight is 253 g/mol. The van der Waals surface area contributed by atoms with Gasteiger partial charge in [0, 0.05) is 24.5 Å². The molecule has 0 bridgehead atoms. The maximum absolute atomic E-state index is 6.26. The van der Waals surface area contributed by atoms with E-state index in [0.29, 0.717) is 0 Å². The topological polar surface area (TPSA) is 42.1 Å². The van der Waals surface area contributed by atoms with Crippen LogP contribution in [0, 0.1) is 0 Å². The van der Waals surface area contributed by atoms with E-state index in [9.17, 15) is 0 Å². The van der Waals surface area contributed by atoms with Crippen LogP contribution in [0.5, 0.6) is 0 Å². The summed E-state index contributed by atoms with van der Waals surface area (Å²) < 4.78 is 0. The van der Waals surface area contributed by atoms with Crippen LogP contribution >= 0.6 is 0 Å². The lowest BCUT2D eigenvalue weighted by atomic mass is 10.0. The molecule has 0 amide bonds. The van der Waals surface area contributed by atoms with Gasteiger partial charge in [0.25, 0.3) is 0 Å². The highest BCUT2D eigenvalue weighted by atomic mass is 15.1. The third-order valence-electron chi connectivity index (χ3n) is 3.70. The fourth-order valence-electron chi connectivity index (χ4n) is 2.72. The molecule has 0 radical (unpaired) electrons. The Kier molecular flexibility index (Phi) is 3.47. The first-order valence-electron chi connectivity index (χ1n) is 6.84. The van der Waals surface area contributed by atoms with Crippen LogP contribution in [0.3, 0.4) is 0 Å². The van der Waals surface area contributed by atoms with Gasteiger partial charge >= 0.3 is 0 Å². The quantitative estimate of drug-likeness (QED) is 0.894. The lowest BCUT2D eigenvalue weighted by molar-refractivity contribution is 0.625. The predicted molar refractivity (Wildman–Crippen MR) is 77.9 cm³/mol. The molecule has 3 heteroatoms. The van der Waals surface area contributed by atoms with Crippen molar-refractivity contribution < 1.29 is 0 Å². The number of pyridine rings is 1. The van der Waals surface area contributed by atoms with Crippen molar-refractivity contribution in [3.05, 3.63) is 59.9 Å². The zero-order valence-electron chi connectivity index (χ0n) is 11.0. The van der Waals surface area contributed by atoms with Crippen molar-refractivity contribution in [3.8, 4) is 0 Å². The average Bonchev–Trinajstić information content (AvgIpc) is 2.61. The Labute approximate surface area is 114 Å². The van der Waals surface area contributed by atoms with E-state index >= 15 is 0 Å². The summed E-state index contributed by atoms with van der Waals surface area (Å²) in [6, 6.07) is 14.7. The lowest BCUT2D eigenvalue weighted by Crippen LogP contribution is -2.24. The van der Waals surface area contributed by atoms with Crippen LogP contribution in [-0.4, -0.2) is 11.5 Å². The summed E-state index contributed by atoms with van der Waals surface area (Å²) in [4.78, 5) is 6.82. The van der Waals surface area contributed by atoms with Crippen molar-refractivity contribution in [2.24, 2.45) is 5.73 Å². The molecule has 1 aromatic heterocycles. The molecule has 2 aromatic rings. The molecule has 0 fully saturated rings. The monoisotopic (exact) mass is 253 g/mol. The van der Waals surface area contributed by atoms with Crippen LogP contribution in [0.1, 0.15) is 30.1 Å². The molecule has 1 aliphatic rings. The third-order valence-corrected chi connectivity index (χ3v) is 3.70. The second-order valence-corrected chi connectivity index (χ2v) is 5.05. The van der Waals surface area contributed by atoms with Gasteiger partial charge in [0.05, 0.1) is 12.2 Å². The van der Waals surface area contributed by atoms with Gasteiger partial charge in [0.15, 0.2) is 0 Å². The van der Waals surface area contributed by atoms with Crippen molar-refractivity contribution in [1.29, 1.82) is 0 Å². The summed E-state index contributed by atoms with van der Waals surface area (Å²) >= 11 is 0. The summed E-state index contributed by atoms with van der Waals surface area (Å²) in [6.45, 7) is 1.89. The number of para-hydroxylation sites is 1. The Hall–Kier alpha value is -1.87. The maximum Gasteiger partial charge on any atom is 0.0602 e. The summed E-state index contributed by atoms with van der Waals surface area (Å²) in [5, 5.41) is 0. The van der Waals surface area contributed by atoms with E-state index in [1.165, 1.54) is 11.3 Å². The van der Waals surface area contributed by atoms with Crippen molar-refractivity contribution in [2.75, 3.05) is 11.4 Å². The Morgan fingerprint density at radius 2 is 2.00 bits per heavy atom. The molecule has 1 unspecified atom stereocenters. The van der Waals surface area contributed by atoms with Gasteiger partial charge in [-0.1, -0.05) is 24.3 Å². The second-order valence-electron chi connectivity index (χ2n) is 5.05. The fraction of sp³-hybridized carbons (Fsp3) is 0.312. The van der Waals surface area contributed by atoms with Crippen molar-refractivity contribution in [2.45, 2.75) is 25.4 Å². The van der Waals surface area contributed by atoms with E-state index in [0.717, 1.165) is 31.6 Å². The zero-order chi connectivity index (χ0) is 13.1. The molecular formula is C16H19N3. The van der Waals surface area contributed by atoms with Crippen LogP contribution in [0.25, 0.3) is 0 Å². The molecule has 2 heterocycles. The third kappa shape index (κ3) is 2.61. The molecule has 19 heavy (non-hydrogen) atoms. The number of nitrogens with zero attached hydrogens (tertiary/aromatic N) is 2. The molecule has 0 saturated carbocycles. The molecule has 1 aromatic carbocycles. The number of aromatic nitrogens is 1. The molecule has 3 rings (SSSR count). The van der Waals surface area contributed by atoms with Gasteiger partial charge in [0.2, 0.25) is 0 Å². The van der Waals surface area contributed by atoms with Gasteiger partial charge in [-0.25, -0.2) is 0 Å². The minimum absolute atomic E-state index is 0.157. The molecule has 0 saturated heterocycles. The van der Waals surface area contributed by atoms with Gasteiger partial charge in [-0.15, -0.1) is 0 Å². The van der Waals surface area contributed by atoms with E-state index < -0.39 is 0 Å². The van der Waals surface area contributed by atoms with Crippen molar-refractivity contribution in [3.63, 3.8) is 0 Å².